The Morgan fingerprint density at radius 3 is 0.787 bits per heavy atom. The van der Waals surface area contributed by atoms with Crippen LogP contribution in [0.1, 0.15) is 101 Å². The highest BCUT2D eigenvalue weighted by Gasteiger charge is 2.46. The fourth-order valence-corrected chi connectivity index (χ4v) is 14.4. The number of β-amino-alcohol motifs (C(OH)–C–C–N with tert-alkyl or cyclic N) is 2. The average molecular weight is 732 g/mol. The molecule has 0 amide bonds. The van der Waals surface area contributed by atoms with Crippen LogP contribution in [0.25, 0.3) is 0 Å². The van der Waals surface area contributed by atoms with E-state index in [0.29, 0.717) is 90.7 Å². The van der Waals surface area contributed by atoms with Gasteiger partial charge in [-0.3, -0.25) is 4.90 Å². The molecule has 15 heteroatoms. The molecule has 12 nitrogen and oxygen atoms in total. The van der Waals surface area contributed by atoms with Gasteiger partial charge >= 0.3 is 26.4 Å². The Bertz CT molecular complexity index is 594. The van der Waals surface area contributed by atoms with Gasteiger partial charge < -0.3 is 50.0 Å². The minimum Gasteiger partial charge on any atom is -0.395 e. The van der Waals surface area contributed by atoms with Crippen LogP contribution < -0.4 is 0 Å². The van der Waals surface area contributed by atoms with Gasteiger partial charge in [0, 0.05) is 96.2 Å². The fraction of sp³-hybridized carbons (Fsp3) is 1.00. The maximum absolute atomic E-state index is 10.2. The molecule has 0 atom stereocenters. The molecule has 0 fully saturated rings. The summed E-state index contributed by atoms with van der Waals surface area (Å²) in [6.45, 7) is 23.4. The van der Waals surface area contributed by atoms with Crippen molar-refractivity contribution < 1.29 is 50.0 Å². The third kappa shape index (κ3) is 17.3. The van der Waals surface area contributed by atoms with Crippen molar-refractivity contribution in [2.75, 3.05) is 85.8 Å². The highest BCUT2D eigenvalue weighted by molar-refractivity contribution is 6.61. The van der Waals surface area contributed by atoms with Gasteiger partial charge in [0.25, 0.3) is 0 Å². The lowest BCUT2D eigenvalue weighted by Gasteiger charge is -2.46. The second kappa shape index (κ2) is 27.8. The number of rotatable bonds is 35. The summed E-state index contributed by atoms with van der Waals surface area (Å²) < 4.78 is 55.9. The van der Waals surface area contributed by atoms with E-state index in [2.05, 4.69) is 4.90 Å². The largest absolute Gasteiger partial charge is 0.500 e. The molecule has 0 heterocycles. The van der Waals surface area contributed by atoms with Gasteiger partial charge in [0.2, 0.25) is 0 Å². The van der Waals surface area contributed by atoms with Gasteiger partial charge in [0.05, 0.1) is 13.2 Å². The minimum absolute atomic E-state index is 0.0116. The van der Waals surface area contributed by atoms with Crippen LogP contribution in [0.3, 0.4) is 0 Å². The lowest BCUT2D eigenvalue weighted by Crippen LogP contribution is -2.53. The van der Waals surface area contributed by atoms with Crippen LogP contribution in [0, 0.1) is 0 Å². The van der Waals surface area contributed by atoms with E-state index in [4.69, 9.17) is 39.8 Å². The van der Waals surface area contributed by atoms with Gasteiger partial charge in [-0.15, -0.1) is 0 Å². The van der Waals surface area contributed by atoms with Gasteiger partial charge in [-0.1, -0.05) is 0 Å². The molecule has 0 aliphatic carbocycles. The van der Waals surface area contributed by atoms with Crippen molar-refractivity contribution in [1.82, 2.24) is 4.90 Å². The highest BCUT2D eigenvalue weighted by atomic mass is 28.4. The van der Waals surface area contributed by atoms with Gasteiger partial charge in [-0.25, -0.2) is 0 Å². The molecular formula is C32H73NO11Si3. The van der Waals surface area contributed by atoms with Crippen LogP contribution in [0.4, 0.5) is 0 Å². The van der Waals surface area contributed by atoms with Gasteiger partial charge in [-0.05, 0) is 101 Å². The van der Waals surface area contributed by atoms with E-state index in [1.54, 1.807) is 0 Å². The van der Waals surface area contributed by atoms with Crippen molar-refractivity contribution in [1.29, 1.82) is 0 Å². The monoisotopic (exact) mass is 731 g/mol. The predicted molar refractivity (Wildman–Crippen MR) is 192 cm³/mol. The third-order valence-corrected chi connectivity index (χ3v) is 17.5. The SMILES string of the molecule is CCO[Si](CCCC(CCC[Si](OCC)(OCC)OCC)(CCC[Si](OCC)(OCC)OCC)N(CCO)CCO)(OCC)OCC. The van der Waals surface area contributed by atoms with Gasteiger partial charge in [0.1, 0.15) is 0 Å². The summed E-state index contributed by atoms with van der Waals surface area (Å²) in [7, 11) is -8.63. The first-order valence-electron chi connectivity index (χ1n) is 18.4. The Balaban J connectivity index is 6.69. The van der Waals surface area contributed by atoms with E-state index in [-0.39, 0.29) is 18.8 Å². The summed E-state index contributed by atoms with van der Waals surface area (Å²) in [4.78, 5) is 2.27. The van der Waals surface area contributed by atoms with E-state index in [1.165, 1.54) is 0 Å². The molecular weight excluding hydrogens is 659 g/mol. The first kappa shape index (κ1) is 47.2. The zero-order valence-electron chi connectivity index (χ0n) is 31.6. The molecule has 0 aromatic rings. The molecule has 284 valence electrons. The number of nitrogens with zero attached hydrogens (tertiary/aromatic N) is 1. The summed E-state index contributed by atoms with van der Waals surface area (Å²) in [5, 5.41) is 20.5. The maximum Gasteiger partial charge on any atom is 0.500 e. The summed E-state index contributed by atoms with van der Waals surface area (Å²) in [5.41, 5.74) is -0.369. The Hall–Kier alpha value is 0.171. The quantitative estimate of drug-likeness (QED) is 0.0800. The van der Waals surface area contributed by atoms with E-state index in [1.807, 2.05) is 62.3 Å². The Kier molecular flexibility index (Phi) is 27.9. The van der Waals surface area contributed by atoms with Crippen molar-refractivity contribution >= 4 is 26.4 Å². The van der Waals surface area contributed by atoms with Crippen molar-refractivity contribution in [3.05, 3.63) is 0 Å². The lowest BCUT2D eigenvalue weighted by atomic mass is 9.82. The normalized spacial score (nSPS) is 13.3. The molecule has 0 rings (SSSR count). The van der Waals surface area contributed by atoms with Crippen LogP contribution in [0.15, 0.2) is 0 Å². The first-order valence-corrected chi connectivity index (χ1v) is 24.2. The molecule has 0 radical (unpaired) electrons. The second-order valence-corrected chi connectivity index (χ2v) is 19.4. The molecule has 0 aromatic carbocycles. The van der Waals surface area contributed by atoms with E-state index in [9.17, 15) is 10.2 Å². The topological polar surface area (TPSA) is 127 Å². The molecule has 0 aliphatic heterocycles. The summed E-state index contributed by atoms with van der Waals surface area (Å²) in [5.74, 6) is 0. The molecule has 0 spiro atoms. The Morgan fingerprint density at radius 1 is 0.404 bits per heavy atom. The van der Waals surface area contributed by atoms with Crippen molar-refractivity contribution in [3.63, 3.8) is 0 Å². The predicted octanol–water partition coefficient (Wildman–Crippen LogP) is 5.50. The van der Waals surface area contributed by atoms with E-state index in [0.717, 1.165) is 38.5 Å². The third-order valence-electron chi connectivity index (χ3n) is 8.06. The molecule has 2 N–H and O–H groups in total. The molecule has 0 saturated carbocycles. The van der Waals surface area contributed by atoms with Crippen LogP contribution in [0.5, 0.6) is 0 Å². The number of hydrogen-bond donors (Lipinski definition) is 2. The Morgan fingerprint density at radius 2 is 0.617 bits per heavy atom. The lowest BCUT2D eigenvalue weighted by molar-refractivity contribution is 0.0210. The molecule has 0 aliphatic rings. The molecule has 0 aromatic heterocycles. The fourth-order valence-electron chi connectivity index (χ4n) is 6.58. The van der Waals surface area contributed by atoms with Crippen molar-refractivity contribution in [2.45, 2.75) is 125 Å². The first-order chi connectivity index (χ1) is 22.7. The molecule has 0 bridgehead atoms. The second-order valence-electron chi connectivity index (χ2n) is 11.2. The standard InChI is InChI=1S/C32H73NO11Si3/c1-10-36-45(37-11-2,38-12-3)29-19-22-32(33(25-27-34)26-28-35,23-20-30-46(39-13-4,40-14-5)41-15-6)24-21-31-47(42-16-7,43-17-8)44-18-9/h34-35H,10-31H2,1-9H3. The van der Waals surface area contributed by atoms with Crippen LogP contribution in [-0.2, 0) is 39.8 Å². The zero-order valence-corrected chi connectivity index (χ0v) is 34.6. The van der Waals surface area contributed by atoms with E-state index < -0.39 is 26.4 Å². The summed E-state index contributed by atoms with van der Waals surface area (Å²) >= 11 is 0. The number of aliphatic hydroxyl groups is 2. The Labute approximate surface area is 291 Å². The molecule has 0 unspecified atom stereocenters. The van der Waals surface area contributed by atoms with Crippen molar-refractivity contribution in [2.24, 2.45) is 0 Å². The van der Waals surface area contributed by atoms with Gasteiger partial charge in [0.15, 0.2) is 0 Å². The highest BCUT2D eigenvalue weighted by Crippen LogP contribution is 2.38. The summed E-state index contributed by atoms with van der Waals surface area (Å²) in [6, 6.07) is 2.05. The van der Waals surface area contributed by atoms with E-state index >= 15 is 0 Å². The maximum atomic E-state index is 10.2. The van der Waals surface area contributed by atoms with Crippen LogP contribution in [0.2, 0.25) is 18.1 Å². The van der Waals surface area contributed by atoms with Crippen LogP contribution >= 0.6 is 0 Å². The smallest absolute Gasteiger partial charge is 0.395 e. The molecule has 47 heavy (non-hydrogen) atoms. The average Bonchev–Trinajstić information content (AvgIpc) is 3.02. The zero-order chi connectivity index (χ0) is 35.5. The number of aliphatic hydroxyl groups excluding tert-OH is 2. The molecule has 0 saturated heterocycles. The number of hydrogen-bond acceptors (Lipinski definition) is 12. The minimum atomic E-state index is -2.88. The van der Waals surface area contributed by atoms with Crippen LogP contribution in [-0.4, -0.2) is 133 Å². The van der Waals surface area contributed by atoms with Gasteiger partial charge in [-0.2, -0.15) is 0 Å². The van der Waals surface area contributed by atoms with Crippen molar-refractivity contribution in [3.8, 4) is 0 Å². The summed E-state index contributed by atoms with van der Waals surface area (Å²) in [6.07, 6.45) is 4.80.